The molecule has 0 amide bonds. The second-order valence-corrected chi connectivity index (χ2v) is 5.53. The van der Waals surface area contributed by atoms with Crippen LogP contribution in [-0.4, -0.2) is 21.6 Å². The molecule has 17 heavy (non-hydrogen) atoms. The van der Waals surface area contributed by atoms with E-state index in [1.54, 1.807) is 6.33 Å². The van der Waals surface area contributed by atoms with Crippen LogP contribution in [0.25, 0.3) is 0 Å². The Morgan fingerprint density at radius 3 is 2.65 bits per heavy atom. The Kier molecular flexibility index (Phi) is 3.22. The third-order valence-corrected chi connectivity index (χ3v) is 3.05. The summed E-state index contributed by atoms with van der Waals surface area (Å²) in [6.07, 6.45) is 4.29. The van der Waals surface area contributed by atoms with Crippen molar-refractivity contribution in [3.05, 3.63) is 12.4 Å². The fourth-order valence-electron chi connectivity index (χ4n) is 1.95. The van der Waals surface area contributed by atoms with Gasteiger partial charge in [-0.15, -0.1) is 0 Å². The first-order chi connectivity index (χ1) is 7.97. The van der Waals surface area contributed by atoms with Gasteiger partial charge in [0.1, 0.15) is 12.1 Å². The molecule has 0 radical (unpaired) electrons. The SMILES string of the molecule is CC(C)Oc1cc(NC(C)(C)C2CC2)ncn1. The summed E-state index contributed by atoms with van der Waals surface area (Å²) < 4.78 is 5.55. The van der Waals surface area contributed by atoms with Crippen LogP contribution in [0.15, 0.2) is 12.4 Å². The van der Waals surface area contributed by atoms with Gasteiger partial charge in [-0.1, -0.05) is 0 Å². The van der Waals surface area contributed by atoms with Crippen molar-refractivity contribution < 1.29 is 4.74 Å². The zero-order chi connectivity index (χ0) is 12.5. The van der Waals surface area contributed by atoms with Crippen LogP contribution in [0, 0.1) is 5.92 Å². The predicted molar refractivity (Wildman–Crippen MR) is 68.2 cm³/mol. The average molecular weight is 235 g/mol. The Morgan fingerprint density at radius 2 is 2.06 bits per heavy atom. The number of nitrogens with zero attached hydrogens (tertiary/aromatic N) is 2. The highest BCUT2D eigenvalue weighted by atomic mass is 16.5. The van der Waals surface area contributed by atoms with E-state index < -0.39 is 0 Å². The molecule has 0 atom stereocenters. The molecule has 1 fully saturated rings. The van der Waals surface area contributed by atoms with Crippen molar-refractivity contribution in [1.29, 1.82) is 0 Å². The van der Waals surface area contributed by atoms with Crippen LogP contribution >= 0.6 is 0 Å². The van der Waals surface area contributed by atoms with Crippen LogP contribution in [0.4, 0.5) is 5.82 Å². The monoisotopic (exact) mass is 235 g/mol. The van der Waals surface area contributed by atoms with Gasteiger partial charge in [0.05, 0.1) is 6.10 Å². The van der Waals surface area contributed by atoms with Crippen molar-refractivity contribution >= 4 is 5.82 Å². The standard InChI is InChI=1S/C13H21N3O/c1-9(2)17-12-7-11(14-8-15-12)16-13(3,4)10-5-6-10/h7-10H,5-6H2,1-4H3,(H,14,15,16). The van der Waals surface area contributed by atoms with Crippen LogP contribution in [0.2, 0.25) is 0 Å². The van der Waals surface area contributed by atoms with Crippen LogP contribution in [0.3, 0.4) is 0 Å². The highest BCUT2D eigenvalue weighted by molar-refractivity contribution is 5.40. The van der Waals surface area contributed by atoms with Gasteiger partial charge in [0.2, 0.25) is 5.88 Å². The number of rotatable bonds is 5. The van der Waals surface area contributed by atoms with Crippen molar-refractivity contribution in [2.24, 2.45) is 5.92 Å². The van der Waals surface area contributed by atoms with Gasteiger partial charge in [0.15, 0.2) is 0 Å². The second kappa shape index (κ2) is 4.51. The summed E-state index contributed by atoms with van der Waals surface area (Å²) in [6, 6.07) is 1.87. The van der Waals surface area contributed by atoms with Crippen molar-refractivity contribution in [2.75, 3.05) is 5.32 Å². The molecule has 1 aromatic rings. The molecule has 2 rings (SSSR count). The zero-order valence-electron chi connectivity index (χ0n) is 11.0. The first-order valence-corrected chi connectivity index (χ1v) is 6.24. The lowest BCUT2D eigenvalue weighted by Gasteiger charge is -2.26. The van der Waals surface area contributed by atoms with Crippen molar-refractivity contribution in [2.45, 2.75) is 52.2 Å². The summed E-state index contributed by atoms with van der Waals surface area (Å²) in [5.74, 6) is 2.23. The maximum Gasteiger partial charge on any atom is 0.218 e. The molecule has 4 heteroatoms. The molecule has 0 unspecified atom stereocenters. The van der Waals surface area contributed by atoms with E-state index in [9.17, 15) is 0 Å². The van der Waals surface area contributed by atoms with E-state index >= 15 is 0 Å². The van der Waals surface area contributed by atoms with Crippen molar-refractivity contribution in [1.82, 2.24) is 9.97 Å². The molecule has 4 nitrogen and oxygen atoms in total. The fourth-order valence-corrected chi connectivity index (χ4v) is 1.95. The minimum absolute atomic E-state index is 0.101. The molecular formula is C13H21N3O. The third kappa shape index (κ3) is 3.32. The highest BCUT2D eigenvalue weighted by Crippen LogP contribution is 2.40. The van der Waals surface area contributed by atoms with Gasteiger partial charge >= 0.3 is 0 Å². The summed E-state index contributed by atoms with van der Waals surface area (Å²) in [4.78, 5) is 8.34. The molecule has 0 saturated heterocycles. The number of hydrogen-bond acceptors (Lipinski definition) is 4. The predicted octanol–water partition coefficient (Wildman–Crippen LogP) is 2.86. The minimum Gasteiger partial charge on any atom is -0.475 e. The third-order valence-electron chi connectivity index (χ3n) is 3.05. The molecule has 1 saturated carbocycles. The minimum atomic E-state index is 0.101. The molecule has 0 aromatic carbocycles. The molecule has 1 heterocycles. The summed E-state index contributed by atoms with van der Waals surface area (Å²) in [6.45, 7) is 8.41. The summed E-state index contributed by atoms with van der Waals surface area (Å²) in [7, 11) is 0. The first-order valence-electron chi connectivity index (χ1n) is 6.24. The van der Waals surface area contributed by atoms with Gasteiger partial charge in [-0.3, -0.25) is 0 Å². The molecule has 1 aliphatic carbocycles. The lowest BCUT2D eigenvalue weighted by Crippen LogP contribution is -2.33. The molecule has 0 bridgehead atoms. The molecule has 0 aliphatic heterocycles. The van der Waals surface area contributed by atoms with Crippen molar-refractivity contribution in [3.8, 4) is 5.88 Å². The second-order valence-electron chi connectivity index (χ2n) is 5.53. The largest absolute Gasteiger partial charge is 0.475 e. The van der Waals surface area contributed by atoms with E-state index in [2.05, 4.69) is 29.1 Å². The van der Waals surface area contributed by atoms with Crippen LogP contribution < -0.4 is 10.1 Å². The summed E-state index contributed by atoms with van der Waals surface area (Å²) in [5.41, 5.74) is 0.101. The van der Waals surface area contributed by atoms with Crippen LogP contribution in [0.1, 0.15) is 40.5 Å². The lowest BCUT2D eigenvalue weighted by atomic mass is 9.99. The lowest BCUT2D eigenvalue weighted by molar-refractivity contribution is 0.232. The number of nitrogens with one attached hydrogen (secondary N) is 1. The van der Waals surface area contributed by atoms with E-state index in [1.807, 2.05) is 19.9 Å². The number of ether oxygens (including phenoxy) is 1. The van der Waals surface area contributed by atoms with Gasteiger partial charge in [-0.2, -0.15) is 0 Å². The molecular weight excluding hydrogens is 214 g/mol. The Balaban J connectivity index is 2.05. The Labute approximate surface area is 103 Å². The Morgan fingerprint density at radius 1 is 1.35 bits per heavy atom. The van der Waals surface area contributed by atoms with Gasteiger partial charge in [0.25, 0.3) is 0 Å². The number of hydrogen-bond donors (Lipinski definition) is 1. The number of anilines is 1. The maximum atomic E-state index is 5.55. The Bertz CT molecular complexity index is 386. The molecule has 94 valence electrons. The molecule has 1 aromatic heterocycles. The molecule has 1 N–H and O–H groups in total. The van der Waals surface area contributed by atoms with E-state index in [4.69, 9.17) is 4.74 Å². The quantitative estimate of drug-likeness (QED) is 0.852. The van der Waals surface area contributed by atoms with Gasteiger partial charge in [0, 0.05) is 11.6 Å². The topological polar surface area (TPSA) is 47.0 Å². The van der Waals surface area contributed by atoms with Crippen molar-refractivity contribution in [3.63, 3.8) is 0 Å². The van der Waals surface area contributed by atoms with E-state index in [1.165, 1.54) is 12.8 Å². The number of aromatic nitrogens is 2. The zero-order valence-corrected chi connectivity index (χ0v) is 11.0. The highest BCUT2D eigenvalue weighted by Gasteiger charge is 2.37. The van der Waals surface area contributed by atoms with E-state index in [-0.39, 0.29) is 11.6 Å². The maximum absolute atomic E-state index is 5.55. The van der Waals surface area contributed by atoms with Gasteiger partial charge in [-0.05, 0) is 46.5 Å². The average Bonchev–Trinajstić information content (AvgIpc) is 2.98. The van der Waals surface area contributed by atoms with Crippen LogP contribution in [-0.2, 0) is 0 Å². The smallest absolute Gasteiger partial charge is 0.218 e. The molecule has 0 spiro atoms. The fraction of sp³-hybridized carbons (Fsp3) is 0.692. The first kappa shape index (κ1) is 12.1. The summed E-state index contributed by atoms with van der Waals surface area (Å²) in [5, 5.41) is 3.46. The summed E-state index contributed by atoms with van der Waals surface area (Å²) >= 11 is 0. The van der Waals surface area contributed by atoms with Gasteiger partial charge < -0.3 is 10.1 Å². The molecule has 1 aliphatic rings. The van der Waals surface area contributed by atoms with Crippen LogP contribution in [0.5, 0.6) is 5.88 Å². The van der Waals surface area contributed by atoms with Gasteiger partial charge in [-0.25, -0.2) is 9.97 Å². The Hall–Kier alpha value is -1.32. The normalized spacial score (nSPS) is 16.1. The van der Waals surface area contributed by atoms with E-state index in [0.717, 1.165) is 11.7 Å². The van der Waals surface area contributed by atoms with E-state index in [0.29, 0.717) is 5.88 Å².